The predicted molar refractivity (Wildman–Crippen MR) is 80.0 cm³/mol. The molecule has 0 radical (unpaired) electrons. The molecule has 0 aliphatic rings. The van der Waals surface area contributed by atoms with E-state index in [-0.39, 0.29) is 0 Å². The molecule has 0 bridgehead atoms. The molecule has 96 valence electrons. The fourth-order valence-corrected chi connectivity index (χ4v) is 2.57. The van der Waals surface area contributed by atoms with Crippen molar-refractivity contribution in [1.82, 2.24) is 9.55 Å². The minimum Gasteiger partial charge on any atom is -0.324 e. The van der Waals surface area contributed by atoms with Crippen molar-refractivity contribution in [2.24, 2.45) is 0 Å². The first kappa shape index (κ1) is 12.5. The van der Waals surface area contributed by atoms with E-state index in [9.17, 15) is 0 Å². The lowest BCUT2D eigenvalue weighted by atomic mass is 10.2. The van der Waals surface area contributed by atoms with Crippen molar-refractivity contribution in [2.75, 3.05) is 0 Å². The van der Waals surface area contributed by atoms with Gasteiger partial charge in [0.15, 0.2) is 0 Å². The van der Waals surface area contributed by atoms with E-state index in [0.29, 0.717) is 11.6 Å². The highest BCUT2D eigenvalue weighted by molar-refractivity contribution is 6.31. The Bertz CT molecular complexity index is 747. The van der Waals surface area contributed by atoms with E-state index in [1.807, 2.05) is 49.4 Å². The fourth-order valence-electron chi connectivity index (χ4n) is 2.21. The first-order valence-corrected chi connectivity index (χ1v) is 6.76. The summed E-state index contributed by atoms with van der Waals surface area (Å²) >= 11 is 12.3. The predicted octanol–water partition coefficient (Wildman–Crippen LogP) is 4.70. The summed E-state index contributed by atoms with van der Waals surface area (Å²) in [5.74, 6) is 0.956. The van der Waals surface area contributed by atoms with E-state index in [0.717, 1.165) is 27.4 Å². The first-order valence-electron chi connectivity index (χ1n) is 6.01. The van der Waals surface area contributed by atoms with E-state index < -0.39 is 0 Å². The fraction of sp³-hybridized carbons (Fsp3) is 0.133. The zero-order valence-corrected chi connectivity index (χ0v) is 11.9. The summed E-state index contributed by atoms with van der Waals surface area (Å²) in [5, 5.41) is 1.48. The Morgan fingerprint density at radius 1 is 1.11 bits per heavy atom. The molecule has 1 aromatic heterocycles. The van der Waals surface area contributed by atoms with Gasteiger partial charge in [0.25, 0.3) is 0 Å². The third kappa shape index (κ3) is 2.34. The number of halogens is 2. The second-order valence-electron chi connectivity index (χ2n) is 4.47. The van der Waals surface area contributed by atoms with E-state index in [2.05, 4.69) is 9.55 Å². The highest BCUT2D eigenvalue weighted by atomic mass is 35.5. The van der Waals surface area contributed by atoms with Gasteiger partial charge in [-0.1, -0.05) is 41.4 Å². The van der Waals surface area contributed by atoms with Gasteiger partial charge in [-0.3, -0.25) is 0 Å². The number of aryl methyl sites for hydroxylation is 1. The van der Waals surface area contributed by atoms with Crippen molar-refractivity contribution in [3.05, 3.63) is 63.9 Å². The van der Waals surface area contributed by atoms with Gasteiger partial charge in [0.2, 0.25) is 0 Å². The molecule has 2 aromatic carbocycles. The van der Waals surface area contributed by atoms with Crippen LogP contribution < -0.4 is 0 Å². The number of hydrogen-bond acceptors (Lipinski definition) is 1. The lowest BCUT2D eigenvalue weighted by molar-refractivity contribution is 0.786. The molecular formula is C15H12Cl2N2. The molecule has 1 heterocycles. The molecule has 4 heteroatoms. The van der Waals surface area contributed by atoms with Gasteiger partial charge in [-0.2, -0.15) is 0 Å². The van der Waals surface area contributed by atoms with Gasteiger partial charge < -0.3 is 4.57 Å². The second kappa shape index (κ2) is 4.87. The number of imidazole rings is 1. The van der Waals surface area contributed by atoms with Crippen molar-refractivity contribution in [1.29, 1.82) is 0 Å². The number of aromatic nitrogens is 2. The molecule has 0 saturated carbocycles. The number of fused-ring (bicyclic) bond motifs is 1. The molecule has 0 fully saturated rings. The molecule has 3 rings (SSSR count). The third-order valence-corrected chi connectivity index (χ3v) is 3.79. The topological polar surface area (TPSA) is 17.8 Å². The number of nitrogens with zero attached hydrogens (tertiary/aromatic N) is 2. The van der Waals surface area contributed by atoms with Crippen LogP contribution in [0.15, 0.2) is 42.5 Å². The summed E-state index contributed by atoms with van der Waals surface area (Å²) in [7, 11) is 0. The van der Waals surface area contributed by atoms with Crippen molar-refractivity contribution in [3.8, 4) is 0 Å². The van der Waals surface area contributed by atoms with Crippen LogP contribution in [0.2, 0.25) is 10.0 Å². The molecule has 0 spiro atoms. The van der Waals surface area contributed by atoms with Gasteiger partial charge in [-0.25, -0.2) is 4.98 Å². The summed E-state index contributed by atoms with van der Waals surface area (Å²) < 4.78 is 2.13. The number of rotatable bonds is 2. The Labute approximate surface area is 121 Å². The first-order chi connectivity index (χ1) is 9.15. The summed E-state index contributed by atoms with van der Waals surface area (Å²) in [6.07, 6.45) is 0. The Hall–Kier alpha value is -1.51. The molecule has 0 atom stereocenters. The van der Waals surface area contributed by atoms with Crippen LogP contribution in [0.25, 0.3) is 11.0 Å². The molecule has 2 nitrogen and oxygen atoms in total. The minimum absolute atomic E-state index is 0.697. The van der Waals surface area contributed by atoms with Crippen molar-refractivity contribution < 1.29 is 0 Å². The highest BCUT2D eigenvalue weighted by Gasteiger charge is 2.09. The Kier molecular flexibility index (Phi) is 3.21. The maximum Gasteiger partial charge on any atom is 0.107 e. The SMILES string of the molecule is Cc1nc2ccc(Cl)cc2n1Cc1ccccc1Cl. The molecule has 0 saturated heterocycles. The molecular weight excluding hydrogens is 279 g/mol. The van der Waals surface area contributed by atoms with Gasteiger partial charge in [-0.15, -0.1) is 0 Å². The Balaban J connectivity index is 2.12. The van der Waals surface area contributed by atoms with Crippen molar-refractivity contribution in [2.45, 2.75) is 13.5 Å². The average Bonchev–Trinajstić information content (AvgIpc) is 2.69. The van der Waals surface area contributed by atoms with Crippen LogP contribution in [0.4, 0.5) is 0 Å². The third-order valence-electron chi connectivity index (χ3n) is 3.19. The maximum atomic E-state index is 6.22. The standard InChI is InChI=1S/C15H12Cl2N2/c1-10-18-14-7-6-12(16)8-15(14)19(10)9-11-4-2-3-5-13(11)17/h2-8H,9H2,1H3. The van der Waals surface area contributed by atoms with Crippen molar-refractivity contribution in [3.63, 3.8) is 0 Å². The summed E-state index contributed by atoms with van der Waals surface area (Å²) in [6.45, 7) is 2.69. The zero-order chi connectivity index (χ0) is 13.4. The number of hydrogen-bond donors (Lipinski definition) is 0. The minimum atomic E-state index is 0.697. The quantitative estimate of drug-likeness (QED) is 0.669. The van der Waals surface area contributed by atoms with Crippen LogP contribution in [-0.2, 0) is 6.54 Å². The summed E-state index contributed by atoms with van der Waals surface area (Å²) in [5.41, 5.74) is 3.06. The van der Waals surface area contributed by atoms with Gasteiger partial charge in [0.05, 0.1) is 17.6 Å². The van der Waals surface area contributed by atoms with Crippen molar-refractivity contribution >= 4 is 34.2 Å². The Morgan fingerprint density at radius 2 is 1.89 bits per heavy atom. The molecule has 0 amide bonds. The van der Waals surface area contributed by atoms with Crippen LogP contribution in [0.5, 0.6) is 0 Å². The largest absolute Gasteiger partial charge is 0.324 e. The van der Waals surface area contributed by atoms with Crippen LogP contribution in [0.1, 0.15) is 11.4 Å². The second-order valence-corrected chi connectivity index (χ2v) is 5.31. The molecule has 3 aromatic rings. The maximum absolute atomic E-state index is 6.22. The lowest BCUT2D eigenvalue weighted by Gasteiger charge is -2.08. The molecule has 19 heavy (non-hydrogen) atoms. The van der Waals surface area contributed by atoms with Crippen LogP contribution in [0.3, 0.4) is 0 Å². The zero-order valence-electron chi connectivity index (χ0n) is 10.4. The molecule has 0 aliphatic heterocycles. The summed E-state index contributed by atoms with van der Waals surface area (Å²) in [4.78, 5) is 4.54. The molecule has 0 unspecified atom stereocenters. The van der Waals surface area contributed by atoms with Crippen LogP contribution >= 0.6 is 23.2 Å². The van der Waals surface area contributed by atoms with Gasteiger partial charge in [0, 0.05) is 10.0 Å². The number of benzene rings is 2. The van der Waals surface area contributed by atoms with E-state index in [1.165, 1.54) is 0 Å². The lowest BCUT2D eigenvalue weighted by Crippen LogP contribution is -2.02. The van der Waals surface area contributed by atoms with Gasteiger partial charge >= 0.3 is 0 Å². The van der Waals surface area contributed by atoms with E-state index in [4.69, 9.17) is 23.2 Å². The normalized spacial score (nSPS) is 11.1. The monoisotopic (exact) mass is 290 g/mol. The van der Waals surface area contributed by atoms with Gasteiger partial charge in [-0.05, 0) is 36.8 Å². The Morgan fingerprint density at radius 3 is 2.68 bits per heavy atom. The van der Waals surface area contributed by atoms with E-state index in [1.54, 1.807) is 0 Å². The average molecular weight is 291 g/mol. The highest BCUT2D eigenvalue weighted by Crippen LogP contribution is 2.23. The van der Waals surface area contributed by atoms with Gasteiger partial charge in [0.1, 0.15) is 5.82 Å². The van der Waals surface area contributed by atoms with Crippen LogP contribution in [0, 0.1) is 6.92 Å². The molecule has 0 N–H and O–H groups in total. The van der Waals surface area contributed by atoms with E-state index >= 15 is 0 Å². The summed E-state index contributed by atoms with van der Waals surface area (Å²) in [6, 6.07) is 13.6. The smallest absolute Gasteiger partial charge is 0.107 e. The molecule has 0 aliphatic carbocycles. The van der Waals surface area contributed by atoms with Crippen LogP contribution in [-0.4, -0.2) is 9.55 Å².